The first-order valence-electron chi connectivity index (χ1n) is 11.5. The zero-order valence-corrected chi connectivity index (χ0v) is 20.7. The Kier molecular flexibility index (Phi) is 6.40. The van der Waals surface area contributed by atoms with E-state index < -0.39 is 5.56 Å². The fourth-order valence-corrected chi connectivity index (χ4v) is 5.77. The predicted molar refractivity (Wildman–Crippen MR) is 130 cm³/mol. The third-order valence-corrected chi connectivity index (χ3v) is 8.18. The number of fused-ring (bicyclic) bond motifs is 2. The molecule has 2 bridgehead atoms. The molecule has 8 nitrogen and oxygen atoms in total. The molecule has 0 unspecified atom stereocenters. The summed E-state index contributed by atoms with van der Waals surface area (Å²) in [4.78, 5) is 31.3. The van der Waals surface area contributed by atoms with Crippen LogP contribution < -0.4 is 21.1 Å². The molecule has 3 aliphatic rings. The Hall–Kier alpha value is -2.61. The van der Waals surface area contributed by atoms with Crippen LogP contribution >= 0.6 is 11.6 Å². The third-order valence-electron chi connectivity index (χ3n) is 7.82. The van der Waals surface area contributed by atoms with Gasteiger partial charge in [0.1, 0.15) is 11.6 Å². The van der Waals surface area contributed by atoms with E-state index in [1.54, 1.807) is 18.6 Å². The van der Waals surface area contributed by atoms with E-state index in [9.17, 15) is 9.59 Å². The zero-order chi connectivity index (χ0) is 23.9. The van der Waals surface area contributed by atoms with Gasteiger partial charge in [0.15, 0.2) is 0 Å². The summed E-state index contributed by atoms with van der Waals surface area (Å²) in [5.74, 6) is 1.55. The third kappa shape index (κ3) is 4.45. The van der Waals surface area contributed by atoms with Gasteiger partial charge in [0.05, 0.1) is 23.8 Å². The normalized spacial score (nSPS) is 25.2. The molecule has 1 amide bonds. The second-order valence-electron chi connectivity index (χ2n) is 10.2. The minimum atomic E-state index is -0.469. The Morgan fingerprint density at radius 3 is 2.73 bits per heavy atom. The Bertz CT molecular complexity index is 1100. The van der Waals surface area contributed by atoms with Gasteiger partial charge in [0, 0.05) is 32.9 Å². The number of hydrogen-bond acceptors (Lipinski definition) is 6. The highest BCUT2D eigenvalue weighted by Gasteiger charge is 2.56. The highest BCUT2D eigenvalue weighted by molar-refractivity contribution is 6.32. The summed E-state index contributed by atoms with van der Waals surface area (Å²) in [5.41, 5.74) is 2.32. The number of hydrogen-bond donors (Lipinski definition) is 2. The summed E-state index contributed by atoms with van der Waals surface area (Å²) in [6, 6.07) is 2.13. The lowest BCUT2D eigenvalue weighted by Crippen LogP contribution is -2.58. The van der Waals surface area contributed by atoms with Crippen molar-refractivity contribution in [3.63, 3.8) is 0 Å². The van der Waals surface area contributed by atoms with E-state index >= 15 is 0 Å². The number of pyridine rings is 1. The van der Waals surface area contributed by atoms with Gasteiger partial charge < -0.3 is 15.5 Å². The number of nitrogens with one attached hydrogen (secondary N) is 2. The fraction of sp³-hybridized carbons (Fsp3) is 0.583. The molecule has 33 heavy (non-hydrogen) atoms. The van der Waals surface area contributed by atoms with E-state index in [0.29, 0.717) is 35.4 Å². The van der Waals surface area contributed by atoms with Crippen molar-refractivity contribution in [2.24, 2.45) is 23.2 Å². The number of aromatic nitrogens is 3. The molecule has 178 valence electrons. The number of carbonyl (C=O) groups is 1. The topological polar surface area (TPSA) is 92.2 Å². The van der Waals surface area contributed by atoms with Crippen LogP contribution in [0.3, 0.4) is 0 Å². The summed E-state index contributed by atoms with van der Waals surface area (Å²) >= 11 is 6.40. The number of rotatable bonds is 7. The summed E-state index contributed by atoms with van der Waals surface area (Å²) in [6.45, 7) is 7.12. The highest BCUT2D eigenvalue weighted by Crippen LogP contribution is 2.61. The van der Waals surface area contributed by atoms with Gasteiger partial charge in [0.25, 0.3) is 5.56 Å². The van der Waals surface area contributed by atoms with Crippen LogP contribution in [0.2, 0.25) is 5.02 Å². The van der Waals surface area contributed by atoms with Crippen LogP contribution in [0.5, 0.6) is 0 Å². The molecule has 2 heterocycles. The van der Waals surface area contributed by atoms with Gasteiger partial charge in [0.2, 0.25) is 5.91 Å². The van der Waals surface area contributed by atoms with Gasteiger partial charge in [-0.2, -0.15) is 5.10 Å². The van der Waals surface area contributed by atoms with Crippen LogP contribution in [-0.4, -0.2) is 40.8 Å². The van der Waals surface area contributed by atoms with E-state index in [4.69, 9.17) is 11.6 Å². The van der Waals surface area contributed by atoms with Crippen LogP contribution in [0.1, 0.15) is 39.2 Å². The molecule has 0 saturated heterocycles. The quantitative estimate of drug-likeness (QED) is 0.643. The second-order valence-corrected chi connectivity index (χ2v) is 10.6. The Morgan fingerprint density at radius 1 is 1.30 bits per heavy atom. The molecule has 5 rings (SSSR count). The van der Waals surface area contributed by atoms with E-state index in [1.165, 1.54) is 6.42 Å². The molecule has 4 atom stereocenters. The molecule has 3 aliphatic carbocycles. The van der Waals surface area contributed by atoms with E-state index in [-0.39, 0.29) is 23.5 Å². The average Bonchev–Trinajstić information content (AvgIpc) is 2.78. The van der Waals surface area contributed by atoms with Crippen molar-refractivity contribution >= 4 is 28.9 Å². The second kappa shape index (κ2) is 8.97. The minimum absolute atomic E-state index is 0.0764. The lowest BCUT2D eigenvalue weighted by Gasteiger charge is -2.62. The van der Waals surface area contributed by atoms with Crippen LogP contribution in [0.25, 0.3) is 0 Å². The molecule has 2 aromatic rings. The predicted octanol–water partition coefficient (Wildman–Crippen LogP) is 3.16. The molecule has 0 aliphatic heterocycles. The van der Waals surface area contributed by atoms with E-state index in [0.717, 1.165) is 22.4 Å². The summed E-state index contributed by atoms with van der Waals surface area (Å²) < 4.78 is 1.10. The van der Waals surface area contributed by atoms with Crippen LogP contribution in [0, 0.1) is 23.2 Å². The first-order chi connectivity index (χ1) is 15.6. The van der Waals surface area contributed by atoms with Gasteiger partial charge in [-0.3, -0.25) is 14.6 Å². The fourth-order valence-electron chi connectivity index (χ4n) is 5.57. The smallest absolute Gasteiger partial charge is 0.288 e. The van der Waals surface area contributed by atoms with Crippen molar-refractivity contribution in [2.75, 3.05) is 24.3 Å². The number of amides is 1. The average molecular weight is 473 g/mol. The Balaban J connectivity index is 1.39. The maximum Gasteiger partial charge on any atom is 0.288 e. The first-order valence-corrected chi connectivity index (χ1v) is 11.9. The lowest BCUT2D eigenvalue weighted by atomic mass is 9.45. The molecule has 0 spiro atoms. The van der Waals surface area contributed by atoms with E-state index in [1.807, 2.05) is 25.1 Å². The summed E-state index contributed by atoms with van der Waals surface area (Å²) in [6.07, 6.45) is 7.34. The van der Waals surface area contributed by atoms with E-state index in [2.05, 4.69) is 41.5 Å². The van der Waals surface area contributed by atoms with Crippen molar-refractivity contribution in [2.45, 2.75) is 52.7 Å². The van der Waals surface area contributed by atoms with Gasteiger partial charge >= 0.3 is 0 Å². The summed E-state index contributed by atoms with van der Waals surface area (Å²) in [7, 11) is 3.84. The molecule has 3 saturated carbocycles. The number of anilines is 2. The van der Waals surface area contributed by atoms with Crippen LogP contribution in [0.15, 0.2) is 29.5 Å². The molecular formula is C24H33ClN6O2. The molecular weight excluding hydrogens is 440 g/mol. The SMILES string of the molecule is C[C@H]1[C@H](Nc2cnn(CC(=O)NCc3ccncc3N(C)C)c(=O)c2Cl)C[C@H]2C[C@@H]1C2(C)C. The van der Waals surface area contributed by atoms with Crippen molar-refractivity contribution in [1.82, 2.24) is 20.1 Å². The largest absolute Gasteiger partial charge is 0.379 e. The van der Waals surface area contributed by atoms with Gasteiger partial charge in [-0.25, -0.2) is 4.68 Å². The van der Waals surface area contributed by atoms with Gasteiger partial charge in [-0.1, -0.05) is 32.4 Å². The molecule has 0 radical (unpaired) electrons. The summed E-state index contributed by atoms with van der Waals surface area (Å²) in [5, 5.41) is 10.6. The minimum Gasteiger partial charge on any atom is -0.379 e. The number of carbonyl (C=O) groups excluding carboxylic acids is 1. The molecule has 0 aromatic carbocycles. The van der Waals surface area contributed by atoms with Crippen molar-refractivity contribution in [1.29, 1.82) is 0 Å². The Morgan fingerprint density at radius 2 is 2.06 bits per heavy atom. The Labute approximate surface area is 199 Å². The van der Waals surface area contributed by atoms with Crippen molar-refractivity contribution < 1.29 is 4.79 Å². The molecule has 2 aromatic heterocycles. The lowest BCUT2D eigenvalue weighted by molar-refractivity contribution is -0.122. The molecule has 2 N–H and O–H groups in total. The first kappa shape index (κ1) is 23.5. The van der Waals surface area contributed by atoms with Crippen LogP contribution in [-0.2, 0) is 17.9 Å². The van der Waals surface area contributed by atoms with Crippen molar-refractivity contribution in [3.8, 4) is 0 Å². The standard InChI is InChI=1S/C24H33ClN6O2/c1-14-17-8-16(24(17,2)3)9-18(14)29-19-11-28-31(23(33)22(19)25)13-21(32)27-10-15-6-7-26-12-20(15)30(4)5/h6-7,11-12,14,16-18,29H,8-10,13H2,1-5H3,(H,27,32)/t14-,16-,17+,18-/m1/s1. The van der Waals surface area contributed by atoms with Gasteiger partial charge in [-0.05, 0) is 47.6 Å². The van der Waals surface area contributed by atoms with Crippen molar-refractivity contribution in [3.05, 3.63) is 45.6 Å². The van der Waals surface area contributed by atoms with Crippen LogP contribution in [0.4, 0.5) is 11.4 Å². The number of nitrogens with zero attached hydrogens (tertiary/aromatic N) is 4. The monoisotopic (exact) mass is 472 g/mol. The molecule has 9 heteroatoms. The molecule has 3 fully saturated rings. The maximum absolute atomic E-state index is 12.8. The maximum atomic E-state index is 12.8. The zero-order valence-electron chi connectivity index (χ0n) is 19.9. The number of halogens is 1. The highest BCUT2D eigenvalue weighted by atomic mass is 35.5. The van der Waals surface area contributed by atoms with Gasteiger partial charge in [-0.15, -0.1) is 0 Å².